The third-order valence-electron chi connectivity index (χ3n) is 5.63. The zero-order valence-electron chi connectivity index (χ0n) is 15.5. The largest absolute Gasteiger partial charge is 0.381 e. The molecule has 1 unspecified atom stereocenters. The maximum Gasteiger partial charge on any atom is 0.317 e. The first-order valence-corrected chi connectivity index (χ1v) is 9.48. The zero-order valence-corrected chi connectivity index (χ0v) is 15.5. The summed E-state index contributed by atoms with van der Waals surface area (Å²) in [5, 5.41) is 3.14. The lowest BCUT2D eigenvalue weighted by Crippen LogP contribution is -2.47. The molecule has 3 rings (SSSR count). The molecule has 0 bridgehead atoms. The number of hydrogen-bond donors (Lipinski definition) is 1. The summed E-state index contributed by atoms with van der Waals surface area (Å²) < 4.78 is 5.37. The van der Waals surface area contributed by atoms with Crippen LogP contribution in [-0.4, -0.2) is 61.8 Å². The maximum absolute atomic E-state index is 12.3. The highest BCUT2D eigenvalue weighted by atomic mass is 16.5. The number of likely N-dealkylation sites (tertiary alicyclic amines) is 2. The van der Waals surface area contributed by atoms with E-state index in [0.29, 0.717) is 12.0 Å². The Bertz CT molecular complexity index is 570. The second-order valence-electron chi connectivity index (χ2n) is 7.42. The van der Waals surface area contributed by atoms with Crippen molar-refractivity contribution in [3.8, 4) is 0 Å². The Morgan fingerprint density at radius 2 is 1.96 bits per heavy atom. The van der Waals surface area contributed by atoms with Crippen LogP contribution in [-0.2, 0) is 11.3 Å². The summed E-state index contributed by atoms with van der Waals surface area (Å²) in [7, 11) is 1.75. The average molecular weight is 345 g/mol. The van der Waals surface area contributed by atoms with Gasteiger partial charge in [-0.2, -0.15) is 0 Å². The van der Waals surface area contributed by atoms with Gasteiger partial charge in [0.05, 0.1) is 6.10 Å². The van der Waals surface area contributed by atoms with Crippen LogP contribution in [0.3, 0.4) is 0 Å². The fourth-order valence-corrected chi connectivity index (χ4v) is 3.89. The third kappa shape index (κ3) is 4.95. The fourth-order valence-electron chi connectivity index (χ4n) is 3.89. The maximum atomic E-state index is 12.3. The molecule has 2 heterocycles. The van der Waals surface area contributed by atoms with Gasteiger partial charge in [-0.05, 0) is 49.8 Å². The molecule has 2 fully saturated rings. The van der Waals surface area contributed by atoms with Gasteiger partial charge in [0.2, 0.25) is 0 Å². The van der Waals surface area contributed by atoms with Crippen molar-refractivity contribution >= 4 is 6.03 Å². The first-order valence-electron chi connectivity index (χ1n) is 9.48. The van der Waals surface area contributed by atoms with Crippen LogP contribution in [0, 0.1) is 12.8 Å². The van der Waals surface area contributed by atoms with Gasteiger partial charge in [0.1, 0.15) is 0 Å². The van der Waals surface area contributed by atoms with E-state index in [9.17, 15) is 4.79 Å². The number of nitrogens with zero attached hydrogens (tertiary/aromatic N) is 2. The normalized spacial score (nSPS) is 22.3. The minimum atomic E-state index is 0.0897. The molecule has 2 aliphatic rings. The quantitative estimate of drug-likeness (QED) is 0.892. The number of methoxy groups -OCH3 is 1. The number of amides is 2. The number of rotatable bonds is 5. The molecule has 2 aliphatic heterocycles. The van der Waals surface area contributed by atoms with Crippen LogP contribution in [0.25, 0.3) is 0 Å². The van der Waals surface area contributed by atoms with Gasteiger partial charge in [-0.25, -0.2) is 4.79 Å². The summed E-state index contributed by atoms with van der Waals surface area (Å²) in [6.07, 6.45) is 3.36. The minimum absolute atomic E-state index is 0.0897. The van der Waals surface area contributed by atoms with Crippen LogP contribution in [0.2, 0.25) is 0 Å². The van der Waals surface area contributed by atoms with Gasteiger partial charge in [-0.1, -0.05) is 24.3 Å². The van der Waals surface area contributed by atoms with Gasteiger partial charge in [-0.15, -0.1) is 0 Å². The van der Waals surface area contributed by atoms with E-state index in [1.165, 1.54) is 11.1 Å². The number of piperidine rings is 1. The zero-order chi connectivity index (χ0) is 17.6. The highest BCUT2D eigenvalue weighted by molar-refractivity contribution is 5.74. The molecule has 1 aromatic carbocycles. The third-order valence-corrected chi connectivity index (χ3v) is 5.63. The predicted octanol–water partition coefficient (Wildman–Crippen LogP) is 2.64. The van der Waals surface area contributed by atoms with E-state index >= 15 is 0 Å². The molecular weight excluding hydrogens is 314 g/mol. The first kappa shape index (κ1) is 18.2. The monoisotopic (exact) mass is 345 g/mol. The van der Waals surface area contributed by atoms with Crippen LogP contribution < -0.4 is 5.32 Å². The van der Waals surface area contributed by atoms with Crippen molar-refractivity contribution in [1.29, 1.82) is 0 Å². The molecule has 25 heavy (non-hydrogen) atoms. The smallest absolute Gasteiger partial charge is 0.317 e. The second-order valence-corrected chi connectivity index (χ2v) is 7.42. The van der Waals surface area contributed by atoms with E-state index in [0.717, 1.165) is 58.5 Å². The summed E-state index contributed by atoms with van der Waals surface area (Å²) in [4.78, 5) is 16.8. The summed E-state index contributed by atoms with van der Waals surface area (Å²) in [6, 6.07) is 8.69. The molecular formula is C20H31N3O2. The highest BCUT2D eigenvalue weighted by Gasteiger charge is 2.26. The van der Waals surface area contributed by atoms with Crippen molar-refractivity contribution in [3.63, 3.8) is 0 Å². The number of aryl methyl sites for hydroxylation is 1. The number of benzene rings is 1. The van der Waals surface area contributed by atoms with Crippen LogP contribution in [0.4, 0.5) is 4.79 Å². The predicted molar refractivity (Wildman–Crippen MR) is 99.6 cm³/mol. The van der Waals surface area contributed by atoms with E-state index in [1.807, 2.05) is 4.90 Å². The number of hydrogen-bond acceptors (Lipinski definition) is 3. The molecule has 5 heteroatoms. The lowest BCUT2D eigenvalue weighted by Gasteiger charge is -2.31. The molecule has 0 spiro atoms. The second kappa shape index (κ2) is 8.68. The molecule has 2 saturated heterocycles. The average Bonchev–Trinajstić information content (AvgIpc) is 3.09. The van der Waals surface area contributed by atoms with Crippen molar-refractivity contribution in [2.75, 3.05) is 39.8 Å². The van der Waals surface area contributed by atoms with E-state index in [1.54, 1.807) is 7.11 Å². The molecule has 0 radical (unpaired) electrons. The number of ether oxygens (including phenoxy) is 1. The lowest BCUT2D eigenvalue weighted by molar-refractivity contribution is 0.0502. The SMILES string of the molecule is COC1CCN(C(=O)NCC2CCN(Cc3ccccc3C)C2)CC1. The molecule has 0 saturated carbocycles. The molecule has 5 nitrogen and oxygen atoms in total. The summed E-state index contributed by atoms with van der Waals surface area (Å²) >= 11 is 0. The molecule has 1 N–H and O–H groups in total. The fraction of sp³-hybridized carbons (Fsp3) is 0.650. The number of carbonyl (C=O) groups excluding carboxylic acids is 1. The Labute approximate surface area is 151 Å². The standard InChI is InChI=1S/C20H31N3O2/c1-16-5-3-4-6-18(16)15-22-10-7-17(14-22)13-21-20(24)23-11-8-19(25-2)9-12-23/h3-6,17,19H,7-15H2,1-2H3,(H,21,24). The van der Waals surface area contributed by atoms with Crippen molar-refractivity contribution < 1.29 is 9.53 Å². The van der Waals surface area contributed by atoms with Gasteiger partial charge < -0.3 is 15.0 Å². The van der Waals surface area contributed by atoms with Crippen LogP contribution in [0.5, 0.6) is 0 Å². The highest BCUT2D eigenvalue weighted by Crippen LogP contribution is 2.20. The van der Waals surface area contributed by atoms with Gasteiger partial charge >= 0.3 is 6.03 Å². The Balaban J connectivity index is 1.38. The Kier molecular flexibility index (Phi) is 6.32. The van der Waals surface area contributed by atoms with Crippen molar-refractivity contribution in [3.05, 3.63) is 35.4 Å². The minimum Gasteiger partial charge on any atom is -0.381 e. The van der Waals surface area contributed by atoms with E-state index < -0.39 is 0 Å². The molecule has 0 aliphatic carbocycles. The molecule has 1 aromatic rings. The van der Waals surface area contributed by atoms with Crippen LogP contribution in [0.15, 0.2) is 24.3 Å². The summed E-state index contributed by atoms with van der Waals surface area (Å²) in [6.45, 7) is 7.77. The van der Waals surface area contributed by atoms with Crippen molar-refractivity contribution in [1.82, 2.24) is 15.1 Å². The molecule has 1 atom stereocenters. The Hall–Kier alpha value is -1.59. The van der Waals surface area contributed by atoms with Crippen LogP contribution >= 0.6 is 0 Å². The van der Waals surface area contributed by atoms with E-state index in [2.05, 4.69) is 41.4 Å². The number of nitrogens with one attached hydrogen (secondary N) is 1. The van der Waals surface area contributed by atoms with Gasteiger partial charge in [0.15, 0.2) is 0 Å². The van der Waals surface area contributed by atoms with Crippen LogP contribution in [0.1, 0.15) is 30.4 Å². The van der Waals surface area contributed by atoms with E-state index in [-0.39, 0.29) is 6.03 Å². The molecule has 138 valence electrons. The number of carbonyl (C=O) groups is 1. The van der Waals surface area contributed by atoms with E-state index in [4.69, 9.17) is 4.74 Å². The summed E-state index contributed by atoms with van der Waals surface area (Å²) in [5.41, 5.74) is 2.77. The topological polar surface area (TPSA) is 44.8 Å². The first-order chi connectivity index (χ1) is 12.2. The summed E-state index contributed by atoms with van der Waals surface area (Å²) in [5.74, 6) is 0.560. The molecule has 0 aromatic heterocycles. The van der Waals surface area contributed by atoms with Crippen molar-refractivity contribution in [2.45, 2.75) is 38.8 Å². The Morgan fingerprint density at radius 3 is 2.68 bits per heavy atom. The van der Waals surface area contributed by atoms with Crippen molar-refractivity contribution in [2.24, 2.45) is 5.92 Å². The molecule has 2 amide bonds. The Morgan fingerprint density at radius 1 is 1.20 bits per heavy atom. The number of urea groups is 1. The van der Waals surface area contributed by atoms with Gasteiger partial charge in [0.25, 0.3) is 0 Å². The van der Waals surface area contributed by atoms with Gasteiger partial charge in [0, 0.05) is 39.8 Å². The lowest BCUT2D eigenvalue weighted by atomic mass is 10.1. The van der Waals surface area contributed by atoms with Gasteiger partial charge in [-0.3, -0.25) is 4.90 Å².